The molecule has 3 heterocycles. The minimum atomic E-state index is 0.519. The van der Waals surface area contributed by atoms with E-state index in [0.29, 0.717) is 12.2 Å². The topological polar surface area (TPSA) is 101 Å². The number of nitrogens with one attached hydrogen (secondary N) is 2. The Bertz CT molecular complexity index is 828. The van der Waals surface area contributed by atoms with E-state index in [0.717, 1.165) is 22.5 Å². The number of rotatable bonds is 3. The highest BCUT2D eigenvalue weighted by atomic mass is 15.5. The molecule has 0 saturated carbocycles. The average molecular weight is 266 g/mol. The number of hydrogen-bond donors (Lipinski definition) is 2. The molecule has 98 valence electrons. The number of tetrazole rings is 1. The molecule has 0 aliphatic heterocycles. The number of fused-ring (bicyclic) bond motifs is 1. The number of benzene rings is 1. The first-order valence-electron chi connectivity index (χ1n) is 6.08. The Hall–Kier alpha value is -3.03. The Morgan fingerprint density at radius 1 is 1.25 bits per heavy atom. The summed E-state index contributed by atoms with van der Waals surface area (Å²) in [6, 6.07) is 6.01. The summed E-state index contributed by atoms with van der Waals surface area (Å²) in [5.41, 5.74) is 2.91. The van der Waals surface area contributed by atoms with Crippen molar-refractivity contribution in [3.8, 4) is 5.69 Å². The highest BCUT2D eigenvalue weighted by molar-refractivity contribution is 5.77. The first-order chi connectivity index (χ1) is 9.88. The van der Waals surface area contributed by atoms with E-state index in [4.69, 9.17) is 0 Å². The lowest BCUT2D eigenvalue weighted by Gasteiger charge is -2.00. The molecule has 0 radical (unpaired) electrons. The third-order valence-corrected chi connectivity index (χ3v) is 3.03. The molecule has 0 aliphatic rings. The Kier molecular flexibility index (Phi) is 2.31. The SMILES string of the molecule is c1cn(-c2ccc3nc(Cc4nn[nH]n4)[nH]c3c2)cn1. The normalized spacial score (nSPS) is 11.2. The van der Waals surface area contributed by atoms with Crippen molar-refractivity contribution in [2.24, 2.45) is 0 Å². The van der Waals surface area contributed by atoms with Crippen LogP contribution >= 0.6 is 0 Å². The summed E-state index contributed by atoms with van der Waals surface area (Å²) < 4.78 is 1.94. The Morgan fingerprint density at radius 3 is 3.05 bits per heavy atom. The van der Waals surface area contributed by atoms with Gasteiger partial charge in [-0.05, 0) is 18.2 Å². The van der Waals surface area contributed by atoms with Gasteiger partial charge in [0.15, 0.2) is 5.82 Å². The maximum Gasteiger partial charge on any atom is 0.182 e. The molecule has 2 N–H and O–H groups in total. The minimum Gasteiger partial charge on any atom is -0.342 e. The van der Waals surface area contributed by atoms with Gasteiger partial charge in [-0.15, -0.1) is 10.2 Å². The van der Waals surface area contributed by atoms with Crippen molar-refractivity contribution in [3.05, 3.63) is 48.6 Å². The lowest BCUT2D eigenvalue weighted by atomic mass is 10.3. The molecule has 20 heavy (non-hydrogen) atoms. The molecular formula is C12H10N8. The van der Waals surface area contributed by atoms with Gasteiger partial charge in [0.05, 0.1) is 23.8 Å². The van der Waals surface area contributed by atoms with E-state index in [2.05, 4.69) is 35.6 Å². The van der Waals surface area contributed by atoms with Gasteiger partial charge in [0.1, 0.15) is 5.82 Å². The second-order valence-corrected chi connectivity index (χ2v) is 4.36. The molecule has 3 aromatic heterocycles. The molecule has 0 spiro atoms. The fraction of sp³-hybridized carbons (Fsp3) is 0.0833. The van der Waals surface area contributed by atoms with Crippen molar-refractivity contribution in [2.75, 3.05) is 0 Å². The first kappa shape index (κ1) is 10.9. The number of hydrogen-bond acceptors (Lipinski definition) is 5. The molecule has 8 nitrogen and oxygen atoms in total. The highest BCUT2D eigenvalue weighted by Gasteiger charge is 2.07. The molecule has 8 heteroatoms. The molecule has 0 atom stereocenters. The van der Waals surface area contributed by atoms with Crippen molar-refractivity contribution in [2.45, 2.75) is 6.42 Å². The number of nitrogens with zero attached hydrogens (tertiary/aromatic N) is 6. The first-order valence-corrected chi connectivity index (χ1v) is 6.08. The quantitative estimate of drug-likeness (QED) is 0.572. The summed E-state index contributed by atoms with van der Waals surface area (Å²) in [4.78, 5) is 11.8. The van der Waals surface area contributed by atoms with Crippen LogP contribution < -0.4 is 0 Å². The summed E-state index contributed by atoms with van der Waals surface area (Å²) >= 11 is 0. The maximum atomic E-state index is 4.51. The molecule has 0 unspecified atom stereocenters. The molecule has 0 bridgehead atoms. The standard InChI is InChI=1S/C12H10N8/c1-2-9-10(5-8(1)20-4-3-13-7-20)15-11(14-9)6-12-16-18-19-17-12/h1-5,7H,6H2,(H,14,15)(H,16,17,18,19). The van der Waals surface area contributed by atoms with Gasteiger partial charge in [-0.2, -0.15) is 5.21 Å². The van der Waals surface area contributed by atoms with Crippen molar-refractivity contribution >= 4 is 11.0 Å². The van der Waals surface area contributed by atoms with E-state index >= 15 is 0 Å². The van der Waals surface area contributed by atoms with Gasteiger partial charge in [-0.3, -0.25) is 0 Å². The summed E-state index contributed by atoms with van der Waals surface area (Å²) in [7, 11) is 0. The van der Waals surface area contributed by atoms with E-state index in [-0.39, 0.29) is 0 Å². The largest absolute Gasteiger partial charge is 0.342 e. The van der Waals surface area contributed by atoms with Crippen LogP contribution in [0.4, 0.5) is 0 Å². The zero-order chi connectivity index (χ0) is 13.4. The lowest BCUT2D eigenvalue weighted by molar-refractivity contribution is 0.881. The van der Waals surface area contributed by atoms with Crippen LogP contribution in [0.2, 0.25) is 0 Å². The van der Waals surface area contributed by atoms with Crippen LogP contribution in [0.5, 0.6) is 0 Å². The van der Waals surface area contributed by atoms with Crippen LogP contribution in [0.15, 0.2) is 36.9 Å². The number of aromatic nitrogens is 8. The second kappa shape index (κ2) is 4.26. The van der Waals surface area contributed by atoms with Gasteiger partial charge in [-0.25, -0.2) is 9.97 Å². The number of imidazole rings is 2. The van der Waals surface area contributed by atoms with Gasteiger partial charge in [-0.1, -0.05) is 5.21 Å². The van der Waals surface area contributed by atoms with Crippen LogP contribution in [0.25, 0.3) is 16.7 Å². The predicted molar refractivity (Wildman–Crippen MR) is 70.2 cm³/mol. The van der Waals surface area contributed by atoms with Crippen molar-refractivity contribution < 1.29 is 0 Å². The monoisotopic (exact) mass is 266 g/mol. The molecule has 0 amide bonds. The van der Waals surface area contributed by atoms with Gasteiger partial charge >= 0.3 is 0 Å². The lowest BCUT2D eigenvalue weighted by Crippen LogP contribution is -1.93. The summed E-state index contributed by atoms with van der Waals surface area (Å²) in [5.74, 6) is 1.42. The van der Waals surface area contributed by atoms with Gasteiger partial charge in [0, 0.05) is 18.1 Å². The smallest absolute Gasteiger partial charge is 0.182 e. The third-order valence-electron chi connectivity index (χ3n) is 3.03. The Morgan fingerprint density at radius 2 is 2.25 bits per heavy atom. The number of aromatic amines is 2. The molecular weight excluding hydrogens is 256 g/mol. The minimum absolute atomic E-state index is 0.519. The second-order valence-electron chi connectivity index (χ2n) is 4.36. The zero-order valence-corrected chi connectivity index (χ0v) is 10.4. The van der Waals surface area contributed by atoms with Crippen LogP contribution in [0.1, 0.15) is 11.6 Å². The van der Waals surface area contributed by atoms with Crippen molar-refractivity contribution in [3.63, 3.8) is 0 Å². The van der Waals surface area contributed by atoms with E-state index in [1.807, 2.05) is 29.0 Å². The van der Waals surface area contributed by atoms with Crippen LogP contribution in [0.3, 0.4) is 0 Å². The third kappa shape index (κ3) is 1.83. The number of H-pyrrole nitrogens is 2. The molecule has 4 aromatic rings. The van der Waals surface area contributed by atoms with E-state index < -0.39 is 0 Å². The van der Waals surface area contributed by atoms with Crippen molar-refractivity contribution in [1.82, 2.24) is 40.1 Å². The van der Waals surface area contributed by atoms with Crippen LogP contribution in [0, 0.1) is 0 Å². The fourth-order valence-corrected chi connectivity index (χ4v) is 2.11. The highest BCUT2D eigenvalue weighted by Crippen LogP contribution is 2.17. The van der Waals surface area contributed by atoms with E-state index in [1.54, 1.807) is 12.5 Å². The summed E-state index contributed by atoms with van der Waals surface area (Å²) in [5, 5.41) is 13.8. The van der Waals surface area contributed by atoms with Gasteiger partial charge in [0.2, 0.25) is 0 Å². The predicted octanol–water partition coefficient (Wildman–Crippen LogP) is 0.852. The molecule has 0 aliphatic carbocycles. The average Bonchev–Trinajstić information content (AvgIpc) is 3.19. The van der Waals surface area contributed by atoms with Crippen molar-refractivity contribution in [1.29, 1.82) is 0 Å². The summed E-state index contributed by atoms with van der Waals surface area (Å²) in [6.45, 7) is 0. The fourth-order valence-electron chi connectivity index (χ4n) is 2.11. The van der Waals surface area contributed by atoms with Crippen LogP contribution in [-0.4, -0.2) is 40.1 Å². The van der Waals surface area contributed by atoms with Gasteiger partial charge in [0.25, 0.3) is 0 Å². The van der Waals surface area contributed by atoms with Gasteiger partial charge < -0.3 is 9.55 Å². The van der Waals surface area contributed by atoms with Crippen LogP contribution in [-0.2, 0) is 6.42 Å². The molecule has 1 aromatic carbocycles. The molecule has 4 rings (SSSR count). The Labute approximate surface area is 112 Å². The Balaban J connectivity index is 1.72. The summed E-state index contributed by atoms with van der Waals surface area (Å²) in [6.07, 6.45) is 5.93. The molecule has 0 saturated heterocycles. The maximum absolute atomic E-state index is 4.51. The van der Waals surface area contributed by atoms with E-state index in [1.165, 1.54) is 0 Å². The molecule has 0 fully saturated rings. The zero-order valence-electron chi connectivity index (χ0n) is 10.4. The van der Waals surface area contributed by atoms with E-state index in [9.17, 15) is 0 Å².